The number of halogens is 1. The van der Waals surface area contributed by atoms with E-state index in [-0.39, 0.29) is 0 Å². The summed E-state index contributed by atoms with van der Waals surface area (Å²) >= 11 is 6.10. The lowest BCUT2D eigenvalue weighted by atomic mass is 10.1. The highest BCUT2D eigenvalue weighted by molar-refractivity contribution is 6.30. The monoisotopic (exact) mass is 426 g/mol. The van der Waals surface area contributed by atoms with E-state index in [9.17, 15) is 0 Å². The number of rotatable bonds is 7. The second-order valence-corrected chi connectivity index (χ2v) is 7.56. The Balaban J connectivity index is 1.52. The average molecular weight is 427 g/mol. The van der Waals surface area contributed by atoms with Gasteiger partial charge >= 0.3 is 0 Å². The van der Waals surface area contributed by atoms with Crippen molar-refractivity contribution in [1.82, 2.24) is 19.7 Å². The van der Waals surface area contributed by atoms with Crippen LogP contribution in [0.15, 0.2) is 92.0 Å². The average Bonchev–Trinajstić information content (AvgIpc) is 3.49. The Morgan fingerprint density at radius 3 is 2.65 bits per heavy atom. The van der Waals surface area contributed by atoms with Crippen LogP contribution in [-0.2, 0) is 6.54 Å². The second kappa shape index (κ2) is 9.88. The molecule has 2 heterocycles. The standard InChI is InChI=1S/C26H23ClN4/c1-21(28-13-5-17-30-15-2-3-16-30)23-11-12-26(31-18-6-14-29-31)24(20-23)10-9-22-7-4-8-25(27)19-22/h2-4,6-8,11-12,14-16,18-20,28H,1,5,13,17H2. The molecular formula is C26H23ClN4. The van der Waals surface area contributed by atoms with Gasteiger partial charge in [0, 0.05) is 54.2 Å². The van der Waals surface area contributed by atoms with Crippen LogP contribution < -0.4 is 5.32 Å². The summed E-state index contributed by atoms with van der Waals surface area (Å²) in [5.41, 5.74) is 4.55. The molecule has 0 bridgehead atoms. The molecule has 2 aromatic heterocycles. The molecule has 5 heteroatoms. The number of hydrogen-bond acceptors (Lipinski definition) is 2. The van der Waals surface area contributed by atoms with E-state index in [1.807, 2.05) is 65.5 Å². The summed E-state index contributed by atoms with van der Waals surface area (Å²) in [6.45, 7) is 6.04. The number of nitrogens with zero attached hydrogens (tertiary/aromatic N) is 3. The zero-order valence-electron chi connectivity index (χ0n) is 17.1. The third kappa shape index (κ3) is 5.48. The van der Waals surface area contributed by atoms with E-state index in [0.717, 1.165) is 47.6 Å². The predicted molar refractivity (Wildman–Crippen MR) is 127 cm³/mol. The summed E-state index contributed by atoms with van der Waals surface area (Å²) in [5.74, 6) is 6.49. The van der Waals surface area contributed by atoms with E-state index in [4.69, 9.17) is 11.6 Å². The molecule has 0 radical (unpaired) electrons. The van der Waals surface area contributed by atoms with Gasteiger partial charge in [0.05, 0.1) is 11.3 Å². The molecule has 4 aromatic rings. The number of aromatic nitrogens is 3. The molecule has 0 fully saturated rings. The van der Waals surface area contributed by atoms with E-state index >= 15 is 0 Å². The predicted octanol–water partition coefficient (Wildman–Crippen LogP) is 5.38. The fraction of sp³-hybridized carbons (Fsp3) is 0.115. The third-order valence-corrected chi connectivity index (χ3v) is 5.10. The first-order chi connectivity index (χ1) is 15.2. The lowest BCUT2D eigenvalue weighted by molar-refractivity contribution is 0.630. The molecule has 4 rings (SSSR count). The van der Waals surface area contributed by atoms with Gasteiger partial charge in [-0.2, -0.15) is 5.10 Å². The molecule has 0 aliphatic rings. The van der Waals surface area contributed by atoms with E-state index in [0.29, 0.717) is 5.02 Å². The first-order valence-corrected chi connectivity index (χ1v) is 10.5. The molecule has 154 valence electrons. The van der Waals surface area contributed by atoms with Crippen LogP contribution >= 0.6 is 11.6 Å². The number of hydrogen-bond donors (Lipinski definition) is 1. The highest BCUT2D eigenvalue weighted by Gasteiger charge is 2.07. The minimum absolute atomic E-state index is 0.672. The maximum Gasteiger partial charge on any atom is 0.0802 e. The Labute approximate surface area is 187 Å². The van der Waals surface area contributed by atoms with Gasteiger partial charge in [-0.15, -0.1) is 0 Å². The molecular weight excluding hydrogens is 404 g/mol. The van der Waals surface area contributed by atoms with Crippen molar-refractivity contribution in [1.29, 1.82) is 0 Å². The second-order valence-electron chi connectivity index (χ2n) is 7.12. The van der Waals surface area contributed by atoms with Gasteiger partial charge < -0.3 is 9.88 Å². The fourth-order valence-electron chi connectivity index (χ4n) is 3.26. The fourth-order valence-corrected chi connectivity index (χ4v) is 3.45. The molecule has 0 saturated carbocycles. The number of aryl methyl sites for hydroxylation is 1. The zero-order valence-corrected chi connectivity index (χ0v) is 17.9. The van der Waals surface area contributed by atoms with Crippen molar-refractivity contribution >= 4 is 17.3 Å². The molecule has 0 atom stereocenters. The van der Waals surface area contributed by atoms with Crippen molar-refractivity contribution in [3.63, 3.8) is 0 Å². The molecule has 0 aliphatic heterocycles. The normalized spacial score (nSPS) is 10.4. The van der Waals surface area contributed by atoms with Crippen LogP contribution in [0.4, 0.5) is 0 Å². The van der Waals surface area contributed by atoms with Gasteiger partial charge in [-0.3, -0.25) is 0 Å². The van der Waals surface area contributed by atoms with Gasteiger partial charge in [0.2, 0.25) is 0 Å². The summed E-state index contributed by atoms with van der Waals surface area (Å²) < 4.78 is 3.99. The van der Waals surface area contributed by atoms with Crippen molar-refractivity contribution in [2.24, 2.45) is 0 Å². The first kappa shape index (κ1) is 20.6. The maximum atomic E-state index is 6.10. The lowest BCUT2D eigenvalue weighted by Crippen LogP contribution is -2.15. The summed E-state index contributed by atoms with van der Waals surface area (Å²) in [6.07, 6.45) is 8.84. The molecule has 2 aromatic carbocycles. The SMILES string of the molecule is C=C(NCCCn1cccc1)c1ccc(-n2cccn2)c(C#Cc2cccc(Cl)c2)c1. The van der Waals surface area contributed by atoms with Gasteiger partial charge in [-0.1, -0.05) is 42.2 Å². The largest absolute Gasteiger partial charge is 0.385 e. The number of benzene rings is 2. The van der Waals surface area contributed by atoms with E-state index in [2.05, 4.69) is 51.9 Å². The van der Waals surface area contributed by atoms with E-state index in [1.54, 1.807) is 6.20 Å². The van der Waals surface area contributed by atoms with Crippen molar-refractivity contribution in [2.45, 2.75) is 13.0 Å². The molecule has 0 aliphatic carbocycles. The highest BCUT2D eigenvalue weighted by atomic mass is 35.5. The highest BCUT2D eigenvalue weighted by Crippen LogP contribution is 2.19. The van der Waals surface area contributed by atoms with Crippen molar-refractivity contribution in [3.05, 3.63) is 114 Å². The summed E-state index contributed by atoms with van der Waals surface area (Å²) in [4.78, 5) is 0. The summed E-state index contributed by atoms with van der Waals surface area (Å²) in [6, 6.07) is 19.6. The Morgan fingerprint density at radius 2 is 1.87 bits per heavy atom. The van der Waals surface area contributed by atoms with Crippen LogP contribution in [0.25, 0.3) is 11.4 Å². The quantitative estimate of drug-likeness (QED) is 0.318. The van der Waals surface area contributed by atoms with Crippen LogP contribution in [-0.4, -0.2) is 20.9 Å². The summed E-state index contributed by atoms with van der Waals surface area (Å²) in [5, 5.41) is 8.46. The maximum absolute atomic E-state index is 6.10. The van der Waals surface area contributed by atoms with Crippen LogP contribution in [0.5, 0.6) is 0 Å². The molecule has 0 amide bonds. The van der Waals surface area contributed by atoms with Crippen molar-refractivity contribution in [3.8, 4) is 17.5 Å². The molecule has 31 heavy (non-hydrogen) atoms. The summed E-state index contributed by atoms with van der Waals surface area (Å²) in [7, 11) is 0. The van der Waals surface area contributed by atoms with E-state index in [1.165, 1.54) is 0 Å². The smallest absolute Gasteiger partial charge is 0.0802 e. The Hall–Kier alpha value is -3.68. The van der Waals surface area contributed by atoms with Crippen LogP contribution in [0.3, 0.4) is 0 Å². The zero-order chi connectivity index (χ0) is 21.5. The lowest BCUT2D eigenvalue weighted by Gasteiger charge is -2.12. The third-order valence-electron chi connectivity index (χ3n) is 4.86. The van der Waals surface area contributed by atoms with Gasteiger partial charge in [0.1, 0.15) is 0 Å². The molecule has 0 unspecified atom stereocenters. The van der Waals surface area contributed by atoms with Crippen LogP contribution in [0.2, 0.25) is 5.02 Å². The molecule has 0 saturated heterocycles. The minimum Gasteiger partial charge on any atom is -0.385 e. The van der Waals surface area contributed by atoms with Gasteiger partial charge in [-0.05, 0) is 60.5 Å². The Bertz CT molecular complexity index is 1210. The molecule has 4 nitrogen and oxygen atoms in total. The molecule has 1 N–H and O–H groups in total. The van der Waals surface area contributed by atoms with Crippen LogP contribution in [0, 0.1) is 11.8 Å². The number of nitrogens with one attached hydrogen (secondary N) is 1. The van der Waals surface area contributed by atoms with Crippen LogP contribution in [0.1, 0.15) is 23.1 Å². The van der Waals surface area contributed by atoms with Crippen molar-refractivity contribution in [2.75, 3.05) is 6.54 Å². The Kier molecular flexibility index (Phi) is 6.56. The van der Waals surface area contributed by atoms with Gasteiger partial charge in [-0.25, -0.2) is 4.68 Å². The van der Waals surface area contributed by atoms with Gasteiger partial charge in [0.15, 0.2) is 0 Å². The molecule has 0 spiro atoms. The van der Waals surface area contributed by atoms with Crippen molar-refractivity contribution < 1.29 is 0 Å². The van der Waals surface area contributed by atoms with E-state index < -0.39 is 0 Å². The minimum atomic E-state index is 0.672. The topological polar surface area (TPSA) is 34.8 Å². The first-order valence-electron chi connectivity index (χ1n) is 10.1. The Morgan fingerprint density at radius 1 is 1.00 bits per heavy atom. The van der Waals surface area contributed by atoms with Gasteiger partial charge in [0.25, 0.3) is 0 Å².